The van der Waals surface area contributed by atoms with E-state index < -0.39 is 15.1 Å². The Morgan fingerprint density at radius 3 is 2.37 bits per heavy atom. The predicted octanol–water partition coefficient (Wildman–Crippen LogP) is 1.84. The fraction of sp³-hybridized carbons (Fsp3) is 0.667. The fourth-order valence-corrected chi connectivity index (χ4v) is 2.70. The summed E-state index contributed by atoms with van der Waals surface area (Å²) in [5.41, 5.74) is -0.317. The van der Waals surface area contributed by atoms with Gasteiger partial charge >= 0.3 is 0 Å². The summed E-state index contributed by atoms with van der Waals surface area (Å²) < 4.78 is 25.0. The van der Waals surface area contributed by atoms with Crippen LogP contribution < -0.4 is 5.56 Å². The minimum atomic E-state index is -3.19. The lowest BCUT2D eigenvalue weighted by molar-refractivity contribution is 0.566. The van der Waals surface area contributed by atoms with Crippen LogP contribution in [0.15, 0.2) is 10.9 Å². The average Bonchev–Trinajstić information content (AvgIpc) is 2.26. The Bertz CT molecular complexity index is 606. The monoisotopic (exact) mass is 306 g/mol. The first-order chi connectivity index (χ1) is 8.65. The van der Waals surface area contributed by atoms with Crippen LogP contribution in [0.1, 0.15) is 39.4 Å². The lowest BCUT2D eigenvalue weighted by Crippen LogP contribution is -2.30. The molecule has 0 spiro atoms. The number of hydrogen-bond acceptors (Lipinski definition) is 4. The molecule has 1 rings (SSSR count). The van der Waals surface area contributed by atoms with Gasteiger partial charge in [-0.2, -0.15) is 0 Å². The fourth-order valence-electron chi connectivity index (χ4n) is 1.61. The lowest BCUT2D eigenvalue weighted by atomic mass is 10.2. The van der Waals surface area contributed by atoms with E-state index in [0.29, 0.717) is 5.82 Å². The number of hydrogen-bond donors (Lipinski definition) is 0. The molecule has 0 saturated heterocycles. The average molecular weight is 307 g/mol. The van der Waals surface area contributed by atoms with Crippen LogP contribution >= 0.6 is 11.6 Å². The Labute approximate surface area is 118 Å². The van der Waals surface area contributed by atoms with Gasteiger partial charge in [-0.05, 0) is 13.8 Å². The van der Waals surface area contributed by atoms with Crippen LogP contribution in [0.4, 0.5) is 0 Å². The predicted molar refractivity (Wildman–Crippen MR) is 76.5 cm³/mol. The third-order valence-corrected chi connectivity index (χ3v) is 5.22. The van der Waals surface area contributed by atoms with E-state index in [1.54, 1.807) is 13.8 Å². The molecule has 0 aliphatic heterocycles. The van der Waals surface area contributed by atoms with Crippen molar-refractivity contribution in [2.45, 2.75) is 45.4 Å². The summed E-state index contributed by atoms with van der Waals surface area (Å²) in [5.74, 6) is 0.428. The van der Waals surface area contributed by atoms with E-state index >= 15 is 0 Å². The van der Waals surface area contributed by atoms with Crippen molar-refractivity contribution in [3.05, 3.63) is 27.4 Å². The third-order valence-electron chi connectivity index (χ3n) is 2.84. The van der Waals surface area contributed by atoms with Crippen LogP contribution in [0.25, 0.3) is 0 Å². The minimum absolute atomic E-state index is 0.00634. The molecule has 5 nitrogen and oxygen atoms in total. The van der Waals surface area contributed by atoms with Gasteiger partial charge in [0.25, 0.3) is 5.56 Å². The topological polar surface area (TPSA) is 69.0 Å². The second kappa shape index (κ2) is 6.05. The van der Waals surface area contributed by atoms with Crippen molar-refractivity contribution in [3.63, 3.8) is 0 Å². The molecule has 0 aliphatic carbocycles. The van der Waals surface area contributed by atoms with Crippen molar-refractivity contribution in [1.82, 2.24) is 9.55 Å². The second-order valence-electron chi connectivity index (χ2n) is 5.00. The normalized spacial score (nSPS) is 12.4. The van der Waals surface area contributed by atoms with Gasteiger partial charge in [-0.1, -0.05) is 25.4 Å². The van der Waals surface area contributed by atoms with Gasteiger partial charge in [0.05, 0.1) is 11.0 Å². The van der Waals surface area contributed by atoms with E-state index in [9.17, 15) is 13.2 Å². The molecular weight excluding hydrogens is 288 g/mol. The molecule has 0 aromatic carbocycles. The molecule has 0 aliphatic rings. The highest BCUT2D eigenvalue weighted by Crippen LogP contribution is 2.13. The SMILES string of the molecule is CC(C)c1nc(Cl)cc(=O)n1CCS(=O)(=O)C(C)C. The van der Waals surface area contributed by atoms with E-state index in [1.165, 1.54) is 10.6 Å². The largest absolute Gasteiger partial charge is 0.295 e. The summed E-state index contributed by atoms with van der Waals surface area (Å²) >= 11 is 5.76. The Kier molecular flexibility index (Phi) is 5.15. The van der Waals surface area contributed by atoms with Crippen LogP contribution in [0.5, 0.6) is 0 Å². The summed E-state index contributed by atoms with van der Waals surface area (Å²) in [6, 6.07) is 1.20. The Hall–Kier alpha value is -0.880. The van der Waals surface area contributed by atoms with Gasteiger partial charge in [-0.25, -0.2) is 13.4 Å². The van der Waals surface area contributed by atoms with Crippen molar-refractivity contribution < 1.29 is 8.42 Å². The van der Waals surface area contributed by atoms with Gasteiger partial charge in [-0.15, -0.1) is 0 Å². The third kappa shape index (κ3) is 4.04. The van der Waals surface area contributed by atoms with Crippen molar-refractivity contribution >= 4 is 21.4 Å². The highest BCUT2D eigenvalue weighted by Gasteiger charge is 2.18. The number of aromatic nitrogens is 2. The maximum absolute atomic E-state index is 11.9. The summed E-state index contributed by atoms with van der Waals surface area (Å²) in [4.78, 5) is 16.0. The first-order valence-electron chi connectivity index (χ1n) is 6.14. The Morgan fingerprint density at radius 2 is 1.89 bits per heavy atom. The van der Waals surface area contributed by atoms with E-state index in [-0.39, 0.29) is 28.9 Å². The standard InChI is InChI=1S/C12H19ClN2O3S/c1-8(2)12-14-10(13)7-11(16)15(12)5-6-19(17,18)9(3)4/h7-9H,5-6H2,1-4H3. The highest BCUT2D eigenvalue weighted by molar-refractivity contribution is 7.91. The molecule has 0 amide bonds. The Balaban J connectivity index is 3.12. The smallest absolute Gasteiger partial charge is 0.255 e. The van der Waals surface area contributed by atoms with Gasteiger partial charge in [0.15, 0.2) is 9.84 Å². The molecule has 0 radical (unpaired) electrons. The number of sulfone groups is 1. The zero-order valence-electron chi connectivity index (χ0n) is 11.6. The van der Waals surface area contributed by atoms with Crippen LogP contribution in [0.2, 0.25) is 5.15 Å². The van der Waals surface area contributed by atoms with Crippen molar-refractivity contribution in [2.24, 2.45) is 0 Å². The van der Waals surface area contributed by atoms with Gasteiger partial charge in [0, 0.05) is 18.5 Å². The second-order valence-corrected chi connectivity index (χ2v) is 8.06. The zero-order chi connectivity index (χ0) is 14.8. The molecule has 0 saturated carbocycles. The molecule has 19 heavy (non-hydrogen) atoms. The summed E-state index contributed by atoms with van der Waals surface area (Å²) in [6.07, 6.45) is 0. The number of halogens is 1. The minimum Gasteiger partial charge on any atom is -0.295 e. The molecule has 1 heterocycles. The first-order valence-corrected chi connectivity index (χ1v) is 8.23. The molecule has 108 valence electrons. The van der Waals surface area contributed by atoms with E-state index in [1.807, 2.05) is 13.8 Å². The maximum atomic E-state index is 11.9. The summed E-state index contributed by atoms with van der Waals surface area (Å²) in [7, 11) is -3.19. The van der Waals surface area contributed by atoms with Crippen molar-refractivity contribution in [1.29, 1.82) is 0 Å². The van der Waals surface area contributed by atoms with Gasteiger partial charge in [-0.3, -0.25) is 9.36 Å². The molecule has 0 N–H and O–H groups in total. The molecule has 0 fully saturated rings. The number of rotatable bonds is 5. The first kappa shape index (κ1) is 16.2. The molecule has 7 heteroatoms. The van der Waals surface area contributed by atoms with E-state index in [4.69, 9.17) is 11.6 Å². The van der Waals surface area contributed by atoms with Crippen LogP contribution in [-0.4, -0.2) is 29.0 Å². The van der Waals surface area contributed by atoms with Crippen LogP contribution in [0, 0.1) is 0 Å². The quantitative estimate of drug-likeness (QED) is 0.778. The zero-order valence-corrected chi connectivity index (χ0v) is 13.1. The van der Waals surface area contributed by atoms with E-state index in [0.717, 1.165) is 0 Å². The van der Waals surface area contributed by atoms with Gasteiger partial charge < -0.3 is 0 Å². The molecule has 0 unspecified atom stereocenters. The summed E-state index contributed by atoms with van der Waals surface area (Å²) in [5, 5.41) is -0.317. The maximum Gasteiger partial charge on any atom is 0.255 e. The lowest BCUT2D eigenvalue weighted by Gasteiger charge is -2.15. The Morgan fingerprint density at radius 1 is 1.32 bits per heavy atom. The molecule has 1 aromatic heterocycles. The van der Waals surface area contributed by atoms with Crippen LogP contribution in [0.3, 0.4) is 0 Å². The van der Waals surface area contributed by atoms with Crippen molar-refractivity contribution in [2.75, 3.05) is 5.75 Å². The van der Waals surface area contributed by atoms with Crippen molar-refractivity contribution in [3.8, 4) is 0 Å². The van der Waals surface area contributed by atoms with Gasteiger partial charge in [0.2, 0.25) is 0 Å². The molecule has 0 bridgehead atoms. The summed E-state index contributed by atoms with van der Waals surface area (Å²) in [6.45, 7) is 7.12. The molecular formula is C12H19ClN2O3S. The van der Waals surface area contributed by atoms with Crippen LogP contribution in [-0.2, 0) is 16.4 Å². The molecule has 1 aromatic rings. The van der Waals surface area contributed by atoms with E-state index in [2.05, 4.69) is 4.98 Å². The van der Waals surface area contributed by atoms with Gasteiger partial charge in [0.1, 0.15) is 11.0 Å². The highest BCUT2D eigenvalue weighted by atomic mass is 35.5. The number of nitrogens with zero attached hydrogens (tertiary/aromatic N) is 2. The molecule has 0 atom stereocenters.